The number of anilines is 2. The molecule has 0 aliphatic rings. The van der Waals surface area contributed by atoms with E-state index in [1.165, 1.54) is 23.5 Å². The number of carboxylic acid groups (broad SMARTS) is 1. The Bertz CT molecular complexity index is 1420. The molecular formula is C27H21BrF3N3O3S. The summed E-state index contributed by atoms with van der Waals surface area (Å²) < 4.78 is 40.3. The van der Waals surface area contributed by atoms with Gasteiger partial charge in [0.05, 0.1) is 24.2 Å². The Balaban J connectivity index is 1.60. The van der Waals surface area contributed by atoms with Crippen molar-refractivity contribution in [1.82, 2.24) is 10.3 Å². The summed E-state index contributed by atoms with van der Waals surface area (Å²) in [5.41, 5.74) is 2.58. The van der Waals surface area contributed by atoms with Crippen molar-refractivity contribution in [1.29, 1.82) is 0 Å². The molecule has 0 bridgehead atoms. The number of carbonyl (C=O) groups is 2. The highest BCUT2D eigenvalue weighted by molar-refractivity contribution is 9.10. The van der Waals surface area contributed by atoms with Crippen LogP contribution in [-0.2, 0) is 17.5 Å². The Labute approximate surface area is 228 Å². The predicted molar refractivity (Wildman–Crippen MR) is 144 cm³/mol. The van der Waals surface area contributed by atoms with E-state index < -0.39 is 23.6 Å². The molecule has 0 saturated heterocycles. The van der Waals surface area contributed by atoms with Crippen LogP contribution in [0.25, 0.3) is 11.3 Å². The zero-order valence-corrected chi connectivity index (χ0v) is 22.1. The summed E-state index contributed by atoms with van der Waals surface area (Å²) in [5, 5.41) is 13.7. The SMILES string of the molecule is O=C(O)CCNC(=O)c1ccc(CN(c2ccc(C(F)(F)F)cc2)c2nc(-c3cccc(Br)c3)cs2)cc1. The number of thiazole rings is 1. The van der Waals surface area contributed by atoms with E-state index in [1.54, 1.807) is 24.3 Å². The molecule has 0 fully saturated rings. The molecular weight excluding hydrogens is 583 g/mol. The van der Waals surface area contributed by atoms with Crippen molar-refractivity contribution >= 4 is 50.0 Å². The molecule has 6 nitrogen and oxygen atoms in total. The van der Waals surface area contributed by atoms with Gasteiger partial charge in [-0.05, 0) is 54.1 Å². The summed E-state index contributed by atoms with van der Waals surface area (Å²) in [6, 6.07) is 19.3. The number of rotatable bonds is 9. The van der Waals surface area contributed by atoms with Crippen LogP contribution in [0.5, 0.6) is 0 Å². The Kier molecular flexibility index (Phi) is 8.48. The van der Waals surface area contributed by atoms with Crippen LogP contribution in [0.15, 0.2) is 82.6 Å². The van der Waals surface area contributed by atoms with Crippen LogP contribution >= 0.6 is 27.3 Å². The van der Waals surface area contributed by atoms with Crippen molar-refractivity contribution in [3.05, 3.63) is 99.3 Å². The monoisotopic (exact) mass is 603 g/mol. The first kappa shape index (κ1) is 27.3. The first-order valence-electron chi connectivity index (χ1n) is 11.4. The van der Waals surface area contributed by atoms with E-state index in [9.17, 15) is 22.8 Å². The van der Waals surface area contributed by atoms with E-state index >= 15 is 0 Å². The zero-order chi connectivity index (χ0) is 27.3. The van der Waals surface area contributed by atoms with Crippen molar-refractivity contribution in [2.24, 2.45) is 0 Å². The number of hydrogen-bond donors (Lipinski definition) is 2. The van der Waals surface area contributed by atoms with Crippen LogP contribution in [-0.4, -0.2) is 28.5 Å². The van der Waals surface area contributed by atoms with Gasteiger partial charge in [0.2, 0.25) is 0 Å². The topological polar surface area (TPSA) is 82.5 Å². The smallest absolute Gasteiger partial charge is 0.416 e. The fourth-order valence-electron chi connectivity index (χ4n) is 3.60. The van der Waals surface area contributed by atoms with Crippen LogP contribution in [0.3, 0.4) is 0 Å². The van der Waals surface area contributed by atoms with Gasteiger partial charge in [-0.1, -0.05) is 40.2 Å². The van der Waals surface area contributed by atoms with Gasteiger partial charge in [0.25, 0.3) is 5.91 Å². The van der Waals surface area contributed by atoms with Crippen LogP contribution in [0.2, 0.25) is 0 Å². The van der Waals surface area contributed by atoms with Gasteiger partial charge in [0.15, 0.2) is 5.13 Å². The predicted octanol–water partition coefficient (Wildman–Crippen LogP) is 7.13. The molecule has 196 valence electrons. The van der Waals surface area contributed by atoms with E-state index in [0.29, 0.717) is 16.4 Å². The lowest BCUT2D eigenvalue weighted by Crippen LogP contribution is -2.26. The van der Waals surface area contributed by atoms with Crippen molar-refractivity contribution in [3.8, 4) is 11.3 Å². The second kappa shape index (κ2) is 11.8. The molecule has 0 spiro atoms. The number of hydrogen-bond acceptors (Lipinski definition) is 5. The first-order chi connectivity index (χ1) is 18.1. The van der Waals surface area contributed by atoms with Gasteiger partial charge in [-0.3, -0.25) is 9.59 Å². The molecule has 4 rings (SSSR count). The molecule has 1 amide bonds. The Hall–Kier alpha value is -3.70. The van der Waals surface area contributed by atoms with E-state index in [-0.39, 0.29) is 19.5 Å². The summed E-state index contributed by atoms with van der Waals surface area (Å²) in [5.74, 6) is -1.40. The number of nitrogens with zero attached hydrogens (tertiary/aromatic N) is 2. The third-order valence-corrected chi connectivity index (χ3v) is 6.89. The molecule has 0 atom stereocenters. The quantitative estimate of drug-likeness (QED) is 0.212. The lowest BCUT2D eigenvalue weighted by Gasteiger charge is -2.23. The highest BCUT2D eigenvalue weighted by Gasteiger charge is 2.30. The average Bonchev–Trinajstić information content (AvgIpc) is 3.37. The molecule has 1 aromatic heterocycles. The van der Waals surface area contributed by atoms with Crippen molar-refractivity contribution < 1.29 is 27.9 Å². The number of aromatic nitrogens is 1. The maximum Gasteiger partial charge on any atom is 0.416 e. The number of halogens is 4. The molecule has 0 aliphatic heterocycles. The lowest BCUT2D eigenvalue weighted by atomic mass is 10.1. The molecule has 38 heavy (non-hydrogen) atoms. The van der Waals surface area contributed by atoms with Gasteiger partial charge in [-0.25, -0.2) is 4.98 Å². The van der Waals surface area contributed by atoms with Crippen molar-refractivity contribution in [2.45, 2.75) is 19.1 Å². The van der Waals surface area contributed by atoms with Gasteiger partial charge in [-0.15, -0.1) is 11.3 Å². The molecule has 0 unspecified atom stereocenters. The third-order valence-electron chi connectivity index (χ3n) is 5.53. The molecule has 0 saturated carbocycles. The molecule has 0 aliphatic carbocycles. The van der Waals surface area contributed by atoms with E-state index in [4.69, 9.17) is 10.1 Å². The number of nitrogens with one attached hydrogen (secondary N) is 1. The molecule has 2 N–H and O–H groups in total. The maximum absolute atomic E-state index is 13.1. The average molecular weight is 604 g/mol. The van der Waals surface area contributed by atoms with Gasteiger partial charge in [-0.2, -0.15) is 13.2 Å². The molecule has 4 aromatic rings. The maximum atomic E-state index is 13.1. The lowest BCUT2D eigenvalue weighted by molar-refractivity contribution is -0.138. The van der Waals surface area contributed by atoms with Crippen molar-refractivity contribution in [2.75, 3.05) is 11.4 Å². The summed E-state index contributed by atoms with van der Waals surface area (Å²) >= 11 is 4.82. The minimum absolute atomic E-state index is 0.0159. The fourth-order valence-corrected chi connectivity index (χ4v) is 4.85. The number of amides is 1. The second-order valence-corrected chi connectivity index (χ2v) is 10.0. The second-order valence-electron chi connectivity index (χ2n) is 8.25. The zero-order valence-electron chi connectivity index (χ0n) is 19.7. The van der Waals surface area contributed by atoms with Gasteiger partial charge >= 0.3 is 12.1 Å². The van der Waals surface area contributed by atoms with Crippen LogP contribution in [0.1, 0.15) is 27.9 Å². The third kappa shape index (κ3) is 6.99. The number of carboxylic acids is 1. The van der Waals surface area contributed by atoms with E-state index in [0.717, 1.165) is 33.4 Å². The normalized spacial score (nSPS) is 11.3. The van der Waals surface area contributed by atoms with Gasteiger partial charge < -0.3 is 15.3 Å². The number of alkyl halides is 3. The Morgan fingerprint density at radius 3 is 2.37 bits per heavy atom. The minimum Gasteiger partial charge on any atom is -0.481 e. The van der Waals surface area contributed by atoms with Gasteiger partial charge in [0.1, 0.15) is 0 Å². The van der Waals surface area contributed by atoms with Crippen LogP contribution in [0, 0.1) is 0 Å². The van der Waals surface area contributed by atoms with Crippen molar-refractivity contribution in [3.63, 3.8) is 0 Å². The minimum atomic E-state index is -4.45. The van der Waals surface area contributed by atoms with Crippen LogP contribution < -0.4 is 10.2 Å². The highest BCUT2D eigenvalue weighted by Crippen LogP contribution is 2.36. The first-order valence-corrected chi connectivity index (χ1v) is 13.0. The summed E-state index contributed by atoms with van der Waals surface area (Å²) in [6.07, 6.45) is -4.62. The fraction of sp³-hybridized carbons (Fsp3) is 0.148. The van der Waals surface area contributed by atoms with E-state index in [2.05, 4.69) is 21.2 Å². The summed E-state index contributed by atoms with van der Waals surface area (Å²) in [7, 11) is 0. The summed E-state index contributed by atoms with van der Waals surface area (Å²) in [6.45, 7) is 0.305. The number of aliphatic carboxylic acids is 1. The molecule has 11 heteroatoms. The van der Waals surface area contributed by atoms with E-state index in [1.807, 2.05) is 34.5 Å². The summed E-state index contributed by atoms with van der Waals surface area (Å²) in [4.78, 5) is 29.5. The largest absolute Gasteiger partial charge is 0.481 e. The molecule has 1 heterocycles. The van der Waals surface area contributed by atoms with Gasteiger partial charge in [0, 0.05) is 33.2 Å². The Morgan fingerprint density at radius 2 is 1.74 bits per heavy atom. The van der Waals surface area contributed by atoms with Crippen LogP contribution in [0.4, 0.5) is 24.0 Å². The standard InChI is InChI=1S/C27H21BrF3N3O3S/c28-21-3-1-2-19(14-21)23-16-38-26(33-23)34(22-10-8-20(9-11-22)27(29,30)31)15-17-4-6-18(7-5-17)25(37)32-13-12-24(35)36/h1-11,14,16H,12-13,15H2,(H,32,37)(H,35,36). The molecule has 3 aromatic carbocycles. The number of carbonyl (C=O) groups excluding carboxylic acids is 1. The highest BCUT2D eigenvalue weighted by atomic mass is 79.9. The molecule has 0 radical (unpaired) electrons. The number of benzene rings is 3. The Morgan fingerprint density at radius 1 is 1.03 bits per heavy atom.